The summed E-state index contributed by atoms with van der Waals surface area (Å²) in [4.78, 5) is 15.4. The number of rotatable bonds is 3. The first-order valence-electron chi connectivity index (χ1n) is 7.62. The van der Waals surface area contributed by atoms with Crippen LogP contribution in [-0.4, -0.2) is 31.7 Å². The van der Waals surface area contributed by atoms with Gasteiger partial charge in [0, 0.05) is 21.2 Å². The monoisotopic (exact) mass is 417 g/mol. The molecule has 2 aromatic rings. The summed E-state index contributed by atoms with van der Waals surface area (Å²) in [5, 5.41) is 0.112. The van der Waals surface area contributed by atoms with Crippen molar-refractivity contribution in [2.24, 2.45) is 4.99 Å². The number of methoxy groups -OCH3 is 1. The molecule has 0 saturated carbocycles. The number of halogens is 5. The highest BCUT2D eigenvalue weighted by atomic mass is 35.5. The second-order valence-corrected chi connectivity index (χ2v) is 6.65. The predicted molar refractivity (Wildman–Crippen MR) is 94.5 cm³/mol. The van der Waals surface area contributed by atoms with Gasteiger partial charge >= 0.3 is 12.1 Å². The summed E-state index contributed by atoms with van der Waals surface area (Å²) in [7, 11) is 1.23. The Morgan fingerprint density at radius 1 is 1.15 bits per heavy atom. The van der Waals surface area contributed by atoms with E-state index in [1.54, 1.807) is 0 Å². The maximum atomic E-state index is 13.9. The van der Waals surface area contributed by atoms with Crippen molar-refractivity contribution in [2.75, 3.05) is 13.7 Å². The first-order chi connectivity index (χ1) is 12.7. The maximum Gasteiger partial charge on any atom is 0.434 e. The lowest BCUT2D eigenvalue weighted by atomic mass is 9.93. The maximum absolute atomic E-state index is 13.9. The van der Waals surface area contributed by atoms with E-state index in [0.29, 0.717) is 5.56 Å². The standard InChI is InChI=1S/C18H12Cl2F3NO3/c1-26-16(25)11-4-2-10(3-5-11)15-24-9-17(27-15,18(21,22)23)12-6-13(19)8-14(20)7-12/h2-8H,9H2,1H3. The van der Waals surface area contributed by atoms with E-state index in [4.69, 9.17) is 27.9 Å². The third-order valence-electron chi connectivity index (χ3n) is 4.06. The minimum Gasteiger partial charge on any atom is -0.465 e. The molecule has 0 fully saturated rings. The van der Waals surface area contributed by atoms with Crippen LogP contribution in [-0.2, 0) is 15.1 Å². The molecule has 1 aliphatic rings. The molecule has 1 heterocycles. The molecule has 0 radical (unpaired) electrons. The van der Waals surface area contributed by atoms with Crippen LogP contribution in [0.25, 0.3) is 0 Å². The van der Waals surface area contributed by atoms with Gasteiger partial charge in [-0.2, -0.15) is 13.2 Å². The van der Waals surface area contributed by atoms with Gasteiger partial charge in [-0.3, -0.25) is 0 Å². The highest BCUT2D eigenvalue weighted by Gasteiger charge is 2.61. The fourth-order valence-electron chi connectivity index (χ4n) is 2.68. The number of ether oxygens (including phenoxy) is 2. The minimum absolute atomic E-state index is 0.0561. The van der Waals surface area contributed by atoms with Crippen molar-refractivity contribution in [3.05, 3.63) is 69.2 Å². The Kier molecular flexibility index (Phi) is 5.10. The van der Waals surface area contributed by atoms with E-state index in [2.05, 4.69) is 9.73 Å². The second kappa shape index (κ2) is 7.05. The Hall–Kier alpha value is -2.25. The van der Waals surface area contributed by atoms with Crippen molar-refractivity contribution in [2.45, 2.75) is 11.8 Å². The van der Waals surface area contributed by atoms with Gasteiger partial charge in [-0.05, 0) is 42.5 Å². The number of carbonyl (C=O) groups excluding carboxylic acids is 1. The Labute approximate surface area is 162 Å². The average molecular weight is 418 g/mol. The molecule has 9 heteroatoms. The fourth-order valence-corrected chi connectivity index (χ4v) is 3.20. The third-order valence-corrected chi connectivity index (χ3v) is 4.49. The van der Waals surface area contributed by atoms with Gasteiger partial charge < -0.3 is 9.47 Å². The van der Waals surface area contributed by atoms with Gasteiger partial charge in [0.1, 0.15) is 0 Å². The van der Waals surface area contributed by atoms with Crippen molar-refractivity contribution in [1.82, 2.24) is 0 Å². The lowest BCUT2D eigenvalue weighted by Gasteiger charge is -2.31. The largest absolute Gasteiger partial charge is 0.465 e. The summed E-state index contributed by atoms with van der Waals surface area (Å²) in [6.45, 7) is -0.679. The minimum atomic E-state index is -4.77. The molecule has 0 aromatic heterocycles. The Morgan fingerprint density at radius 3 is 2.26 bits per heavy atom. The summed E-state index contributed by atoms with van der Waals surface area (Å²) in [5.74, 6) is -0.756. The van der Waals surface area contributed by atoms with Crippen LogP contribution in [0.15, 0.2) is 47.5 Å². The summed E-state index contributed by atoms with van der Waals surface area (Å²) in [5.41, 5.74) is -2.39. The molecule has 27 heavy (non-hydrogen) atoms. The molecule has 0 aliphatic carbocycles. The average Bonchev–Trinajstić information content (AvgIpc) is 3.07. The smallest absolute Gasteiger partial charge is 0.434 e. The molecule has 142 valence electrons. The van der Waals surface area contributed by atoms with Crippen LogP contribution < -0.4 is 0 Å². The predicted octanol–water partition coefficient (Wildman–Crippen LogP) is 5.01. The summed E-state index contributed by atoms with van der Waals surface area (Å²) in [6, 6.07) is 9.33. The highest BCUT2D eigenvalue weighted by molar-refractivity contribution is 6.34. The van der Waals surface area contributed by atoms with Crippen LogP contribution >= 0.6 is 23.2 Å². The van der Waals surface area contributed by atoms with Crippen molar-refractivity contribution < 1.29 is 27.4 Å². The first-order valence-corrected chi connectivity index (χ1v) is 8.37. The van der Waals surface area contributed by atoms with E-state index in [-0.39, 0.29) is 27.1 Å². The van der Waals surface area contributed by atoms with E-state index in [9.17, 15) is 18.0 Å². The molecule has 2 aromatic carbocycles. The SMILES string of the molecule is COC(=O)c1ccc(C2=NCC(c3cc(Cl)cc(Cl)c3)(C(F)(F)F)O2)cc1. The number of nitrogens with zero attached hydrogens (tertiary/aromatic N) is 1. The molecule has 0 amide bonds. The normalized spacial score (nSPS) is 19.4. The molecule has 1 aliphatic heterocycles. The number of hydrogen-bond acceptors (Lipinski definition) is 4. The molecule has 1 atom stereocenters. The summed E-state index contributed by atoms with van der Waals surface area (Å²) >= 11 is 11.7. The van der Waals surface area contributed by atoms with Crippen LogP contribution in [0.2, 0.25) is 10.0 Å². The van der Waals surface area contributed by atoms with Crippen molar-refractivity contribution in [3.63, 3.8) is 0 Å². The lowest BCUT2D eigenvalue weighted by Crippen LogP contribution is -2.45. The Balaban J connectivity index is 1.96. The summed E-state index contributed by atoms with van der Waals surface area (Å²) < 4.78 is 51.7. The third kappa shape index (κ3) is 3.61. The van der Waals surface area contributed by atoms with Crippen LogP contribution in [0.4, 0.5) is 13.2 Å². The van der Waals surface area contributed by atoms with Gasteiger partial charge in [0.2, 0.25) is 11.5 Å². The number of alkyl halides is 3. The van der Waals surface area contributed by atoms with Crippen LogP contribution in [0.3, 0.4) is 0 Å². The highest BCUT2D eigenvalue weighted by Crippen LogP contribution is 2.47. The molecule has 0 saturated heterocycles. The zero-order valence-electron chi connectivity index (χ0n) is 13.8. The molecule has 0 N–H and O–H groups in total. The fraction of sp³-hybridized carbons (Fsp3) is 0.222. The van der Waals surface area contributed by atoms with Crippen LogP contribution in [0.1, 0.15) is 21.5 Å². The quantitative estimate of drug-likeness (QED) is 0.659. The number of hydrogen-bond donors (Lipinski definition) is 0. The van der Waals surface area contributed by atoms with Crippen LogP contribution in [0, 0.1) is 0 Å². The second-order valence-electron chi connectivity index (χ2n) is 5.78. The van der Waals surface area contributed by atoms with E-state index in [0.717, 1.165) is 12.1 Å². The van der Waals surface area contributed by atoms with Crippen LogP contribution in [0.5, 0.6) is 0 Å². The zero-order chi connectivity index (χ0) is 19.8. The molecular weight excluding hydrogens is 406 g/mol. The lowest BCUT2D eigenvalue weighted by molar-refractivity contribution is -0.249. The van der Waals surface area contributed by atoms with Crippen molar-refractivity contribution in [1.29, 1.82) is 0 Å². The van der Waals surface area contributed by atoms with Gasteiger partial charge in [-0.1, -0.05) is 23.2 Å². The van der Waals surface area contributed by atoms with Gasteiger partial charge in [-0.15, -0.1) is 0 Å². The topological polar surface area (TPSA) is 47.9 Å². The number of esters is 1. The first kappa shape index (κ1) is 19.5. The van der Waals surface area contributed by atoms with E-state index < -0.39 is 24.3 Å². The molecule has 3 rings (SSSR count). The van der Waals surface area contributed by atoms with Gasteiger partial charge in [0.15, 0.2) is 0 Å². The Morgan fingerprint density at radius 2 is 1.74 bits per heavy atom. The molecule has 0 bridgehead atoms. The van der Waals surface area contributed by atoms with Gasteiger partial charge in [0.25, 0.3) is 0 Å². The van der Waals surface area contributed by atoms with E-state index in [1.807, 2.05) is 0 Å². The zero-order valence-corrected chi connectivity index (χ0v) is 15.3. The van der Waals surface area contributed by atoms with E-state index in [1.165, 1.54) is 37.4 Å². The molecule has 1 unspecified atom stereocenters. The Bertz CT molecular complexity index is 893. The van der Waals surface area contributed by atoms with Crippen molar-refractivity contribution in [3.8, 4) is 0 Å². The van der Waals surface area contributed by atoms with E-state index >= 15 is 0 Å². The number of carbonyl (C=O) groups is 1. The number of benzene rings is 2. The number of aliphatic imine (C=N–C) groups is 1. The molecule has 4 nitrogen and oxygen atoms in total. The molecular formula is C18H12Cl2F3NO3. The molecule has 0 spiro atoms. The van der Waals surface area contributed by atoms with Crippen molar-refractivity contribution >= 4 is 35.1 Å². The van der Waals surface area contributed by atoms with Gasteiger partial charge in [0.05, 0.1) is 19.2 Å². The van der Waals surface area contributed by atoms with Gasteiger partial charge in [-0.25, -0.2) is 9.79 Å². The summed E-state index contributed by atoms with van der Waals surface area (Å²) in [6.07, 6.45) is -4.77.